The Morgan fingerprint density at radius 2 is 1.38 bits per heavy atom. The van der Waals surface area contributed by atoms with E-state index in [2.05, 4.69) is 4.98 Å². The topological polar surface area (TPSA) is 144 Å². The molecule has 3 aromatic rings. The average molecular weight is 519 g/mol. The second-order valence-corrected chi connectivity index (χ2v) is 5.59. The van der Waals surface area contributed by atoms with Crippen LogP contribution in [0.5, 0.6) is 0 Å². The molecule has 0 fully saturated rings. The first-order valence-corrected chi connectivity index (χ1v) is 10.8. The number of nitrogen functional groups attached to an aromatic ring is 1. The van der Waals surface area contributed by atoms with Gasteiger partial charge >= 0.3 is 17.6 Å². The zero-order chi connectivity index (χ0) is 26.5. The van der Waals surface area contributed by atoms with Crippen molar-refractivity contribution in [2.24, 2.45) is 0 Å². The van der Waals surface area contributed by atoms with Gasteiger partial charge in [-0.15, -0.1) is 0 Å². The van der Waals surface area contributed by atoms with Crippen LogP contribution in [-0.2, 0) is 4.79 Å². The first kappa shape index (κ1) is 42.9. The van der Waals surface area contributed by atoms with Crippen LogP contribution in [0.25, 0.3) is 17.0 Å². The molecule has 208 valence electrons. The van der Waals surface area contributed by atoms with Gasteiger partial charge in [0.15, 0.2) is 0 Å². The molecule has 0 aliphatic carbocycles. The van der Waals surface area contributed by atoms with Crippen LogP contribution in [0.3, 0.4) is 0 Å². The van der Waals surface area contributed by atoms with Gasteiger partial charge < -0.3 is 20.4 Å². The van der Waals surface area contributed by atoms with E-state index in [-0.39, 0.29) is 33.5 Å². The van der Waals surface area contributed by atoms with Gasteiger partial charge in [0, 0.05) is 11.8 Å². The molecular weight excluding hydrogens is 472 g/mol. The van der Waals surface area contributed by atoms with Crippen LogP contribution in [0, 0.1) is 0 Å². The lowest BCUT2D eigenvalue weighted by atomic mass is 10.2. The molecule has 0 spiro atoms. The summed E-state index contributed by atoms with van der Waals surface area (Å²) in [5.41, 5.74) is 6.12. The summed E-state index contributed by atoms with van der Waals surface area (Å²) in [5, 5.41) is 16.8. The maximum absolute atomic E-state index is 11.4. The van der Waals surface area contributed by atoms with E-state index >= 15 is 0 Å². The van der Waals surface area contributed by atoms with Gasteiger partial charge in [0.05, 0.1) is 16.5 Å². The van der Waals surface area contributed by atoms with Crippen LogP contribution >= 0.6 is 0 Å². The van der Waals surface area contributed by atoms with Crippen molar-refractivity contribution < 1.29 is 24.2 Å². The van der Waals surface area contributed by atoms with Crippen molar-refractivity contribution >= 4 is 34.6 Å². The average Bonchev–Trinajstić information content (AvgIpc) is 2.83. The SMILES string of the molecule is C.C.C.CC.CC.CC=CC(=O)O.CC=Cc1nc2ccccc2c(=O)o1.Nc1ccccc1C(=O)O. The van der Waals surface area contributed by atoms with E-state index in [1.807, 2.05) is 40.7 Å². The van der Waals surface area contributed by atoms with Gasteiger partial charge in [0.25, 0.3) is 0 Å². The van der Waals surface area contributed by atoms with Crippen LogP contribution in [0.2, 0.25) is 0 Å². The number of para-hydroxylation sites is 2. The Hall–Kier alpha value is -4.20. The normalized spacial score (nSPS) is 8.59. The van der Waals surface area contributed by atoms with Gasteiger partial charge in [-0.2, -0.15) is 0 Å². The van der Waals surface area contributed by atoms with Gasteiger partial charge in [0.1, 0.15) is 0 Å². The van der Waals surface area contributed by atoms with E-state index in [0.29, 0.717) is 22.5 Å². The summed E-state index contributed by atoms with van der Waals surface area (Å²) in [6, 6.07) is 13.5. The number of hydrogen-bond donors (Lipinski definition) is 3. The molecule has 0 aliphatic rings. The van der Waals surface area contributed by atoms with Crippen molar-refractivity contribution in [3.63, 3.8) is 0 Å². The largest absolute Gasteiger partial charge is 0.478 e. The van der Waals surface area contributed by atoms with Crippen molar-refractivity contribution in [1.29, 1.82) is 0 Å². The Morgan fingerprint density at radius 3 is 1.78 bits per heavy atom. The number of aliphatic carboxylic acids is 1. The van der Waals surface area contributed by atoms with Crippen LogP contribution < -0.4 is 11.4 Å². The molecule has 4 N–H and O–H groups in total. The van der Waals surface area contributed by atoms with E-state index in [9.17, 15) is 14.4 Å². The minimum Gasteiger partial charge on any atom is -0.478 e. The molecule has 0 saturated carbocycles. The molecule has 0 radical (unpaired) electrons. The fraction of sp³-hybridized carbons (Fsp3) is 0.310. The molecule has 0 bridgehead atoms. The maximum Gasteiger partial charge on any atom is 0.347 e. The first-order valence-electron chi connectivity index (χ1n) is 10.8. The number of carboxylic acid groups (broad SMARTS) is 2. The number of carboxylic acids is 2. The fourth-order valence-corrected chi connectivity index (χ4v) is 2.08. The number of carbonyl (C=O) groups is 2. The number of hydrogen-bond acceptors (Lipinski definition) is 6. The van der Waals surface area contributed by atoms with E-state index in [1.165, 1.54) is 12.1 Å². The number of fused-ring (bicyclic) bond motifs is 1. The quantitative estimate of drug-likeness (QED) is 0.235. The highest BCUT2D eigenvalue weighted by Gasteiger charge is 2.04. The molecule has 0 unspecified atom stereocenters. The monoisotopic (exact) mass is 518 g/mol. The number of nitrogens with two attached hydrogens (primary N) is 1. The van der Waals surface area contributed by atoms with Gasteiger partial charge in [-0.05, 0) is 44.2 Å². The summed E-state index contributed by atoms with van der Waals surface area (Å²) >= 11 is 0. The summed E-state index contributed by atoms with van der Waals surface area (Å²) < 4.78 is 4.98. The highest BCUT2D eigenvalue weighted by Crippen LogP contribution is 2.09. The van der Waals surface area contributed by atoms with Crippen molar-refractivity contribution in [3.05, 3.63) is 88.6 Å². The van der Waals surface area contributed by atoms with E-state index in [4.69, 9.17) is 20.4 Å². The standard InChI is InChI=1S/C11H9NO2.C7H7NO2.C4H6O2.2C2H6.3CH4/c1-2-5-10-12-9-7-4-3-6-8(9)11(13)14-10;8-6-4-2-1-3-5(6)7(9)10;1-2-3-4(5)6;2*1-2;;;/h2-7H,1H3;1-4H,8H2,(H,9,10);2-3H,1H3,(H,5,6);2*1-2H3;3*1H4. The summed E-state index contributed by atoms with van der Waals surface area (Å²) in [5.74, 6) is -1.54. The molecule has 37 heavy (non-hydrogen) atoms. The zero-order valence-corrected chi connectivity index (χ0v) is 20.5. The highest BCUT2D eigenvalue weighted by atomic mass is 16.4. The predicted molar refractivity (Wildman–Crippen MR) is 158 cm³/mol. The molecule has 0 amide bonds. The number of nitrogens with zero attached hydrogens (tertiary/aromatic N) is 1. The summed E-state index contributed by atoms with van der Waals surface area (Å²) in [7, 11) is 0. The Balaban J connectivity index is -0.000000132. The molecule has 1 heterocycles. The second-order valence-electron chi connectivity index (χ2n) is 5.59. The number of benzene rings is 2. The third-order valence-corrected chi connectivity index (χ3v) is 3.36. The van der Waals surface area contributed by atoms with Crippen LogP contribution in [0.4, 0.5) is 5.69 Å². The molecule has 1 aromatic heterocycles. The third-order valence-electron chi connectivity index (χ3n) is 3.36. The Labute approximate surface area is 222 Å². The first-order chi connectivity index (χ1) is 16.3. The maximum atomic E-state index is 11.4. The molecule has 2 aromatic carbocycles. The van der Waals surface area contributed by atoms with Crippen LogP contribution in [0.15, 0.2) is 76.0 Å². The van der Waals surface area contributed by atoms with E-state index in [0.717, 1.165) is 6.08 Å². The highest BCUT2D eigenvalue weighted by molar-refractivity contribution is 5.93. The van der Waals surface area contributed by atoms with Crippen LogP contribution in [-0.4, -0.2) is 27.1 Å². The van der Waals surface area contributed by atoms with Crippen molar-refractivity contribution in [2.45, 2.75) is 63.8 Å². The number of aromatic carboxylic acids is 1. The molecule has 0 saturated heterocycles. The van der Waals surface area contributed by atoms with Crippen LogP contribution in [0.1, 0.15) is 80.1 Å². The van der Waals surface area contributed by atoms with E-state index < -0.39 is 11.9 Å². The number of rotatable bonds is 3. The van der Waals surface area contributed by atoms with Gasteiger partial charge in [-0.1, -0.05) is 86.4 Å². The molecule has 3 rings (SSSR count). The van der Waals surface area contributed by atoms with Crippen molar-refractivity contribution in [3.8, 4) is 0 Å². The summed E-state index contributed by atoms with van der Waals surface area (Å²) in [6.07, 6.45) is 6.00. The van der Waals surface area contributed by atoms with Gasteiger partial charge in [-0.3, -0.25) is 0 Å². The lowest BCUT2D eigenvalue weighted by molar-refractivity contribution is -0.131. The van der Waals surface area contributed by atoms with Crippen molar-refractivity contribution in [2.75, 3.05) is 5.73 Å². The number of allylic oxidation sites excluding steroid dienone is 2. The summed E-state index contributed by atoms with van der Waals surface area (Å²) in [6.45, 7) is 11.5. The minimum absolute atomic E-state index is 0. The molecule has 8 nitrogen and oxygen atoms in total. The zero-order valence-electron chi connectivity index (χ0n) is 20.5. The Kier molecular flexibility index (Phi) is 30.6. The van der Waals surface area contributed by atoms with Crippen molar-refractivity contribution in [1.82, 2.24) is 4.98 Å². The molecular formula is C29H46N2O6. The lowest BCUT2D eigenvalue weighted by Gasteiger charge is -1.96. The number of anilines is 1. The third kappa shape index (κ3) is 17.8. The fourth-order valence-electron chi connectivity index (χ4n) is 2.08. The second kappa shape index (κ2) is 26.4. The molecule has 0 aliphatic heterocycles. The smallest absolute Gasteiger partial charge is 0.347 e. The Bertz CT molecular complexity index is 1120. The predicted octanol–water partition coefficient (Wildman–Crippen LogP) is 7.80. The minimum atomic E-state index is -0.988. The number of aromatic nitrogens is 1. The summed E-state index contributed by atoms with van der Waals surface area (Å²) in [4.78, 5) is 35.5. The van der Waals surface area contributed by atoms with Gasteiger partial charge in [-0.25, -0.2) is 19.4 Å². The Morgan fingerprint density at radius 1 is 0.865 bits per heavy atom. The molecule has 0 atom stereocenters. The van der Waals surface area contributed by atoms with E-state index in [1.54, 1.807) is 55.5 Å². The molecule has 8 heteroatoms. The lowest BCUT2D eigenvalue weighted by Crippen LogP contribution is -2.02. The van der Waals surface area contributed by atoms with Gasteiger partial charge in [0.2, 0.25) is 5.89 Å².